The molecule has 124 valence electrons. The third-order valence-electron chi connectivity index (χ3n) is 4.97. The zero-order valence-corrected chi connectivity index (χ0v) is 13.5. The third kappa shape index (κ3) is 2.62. The minimum absolute atomic E-state index is 0.0440. The summed E-state index contributed by atoms with van der Waals surface area (Å²) in [6, 6.07) is 5.80. The van der Waals surface area contributed by atoms with Crippen molar-refractivity contribution in [1.29, 1.82) is 0 Å². The number of amides is 1. The minimum Gasteiger partial charge on any atom is -0.349 e. The van der Waals surface area contributed by atoms with Crippen LogP contribution in [0.3, 0.4) is 0 Å². The van der Waals surface area contributed by atoms with Crippen molar-refractivity contribution >= 4 is 16.8 Å². The predicted molar refractivity (Wildman–Crippen MR) is 89.2 cm³/mol. The standard InChI is InChI=1S/C19H20FN3O/c20-11-1-8-15-17(9-11)23(14-6-7-14)10-16(18(15)21-12-2-3-12)19(24)22-13-4-5-13/h1,8-10,12-14H,2-7H2,(H,22,24). The van der Waals surface area contributed by atoms with E-state index >= 15 is 0 Å². The van der Waals surface area contributed by atoms with Gasteiger partial charge in [-0.3, -0.25) is 9.79 Å². The maximum atomic E-state index is 13.8. The fourth-order valence-electron chi connectivity index (χ4n) is 3.17. The molecule has 0 unspecified atom stereocenters. The van der Waals surface area contributed by atoms with E-state index in [2.05, 4.69) is 9.88 Å². The van der Waals surface area contributed by atoms with Crippen LogP contribution in [0.15, 0.2) is 29.4 Å². The maximum Gasteiger partial charge on any atom is 0.255 e. The molecule has 5 heteroatoms. The minimum atomic E-state index is -0.246. The molecule has 1 aromatic heterocycles. The van der Waals surface area contributed by atoms with Gasteiger partial charge in [-0.05, 0) is 56.7 Å². The van der Waals surface area contributed by atoms with Gasteiger partial charge in [-0.15, -0.1) is 0 Å². The number of hydrogen-bond acceptors (Lipinski definition) is 2. The Balaban J connectivity index is 1.76. The van der Waals surface area contributed by atoms with Crippen LogP contribution in [-0.4, -0.2) is 22.6 Å². The lowest BCUT2D eigenvalue weighted by molar-refractivity contribution is 0.0949. The average Bonchev–Trinajstić information content (AvgIpc) is 3.41. The van der Waals surface area contributed by atoms with E-state index in [0.29, 0.717) is 23.7 Å². The lowest BCUT2D eigenvalue weighted by atomic mass is 10.1. The lowest BCUT2D eigenvalue weighted by Gasteiger charge is -2.14. The first kappa shape index (κ1) is 14.2. The van der Waals surface area contributed by atoms with Gasteiger partial charge in [0.25, 0.3) is 5.91 Å². The molecule has 0 radical (unpaired) electrons. The average molecular weight is 325 g/mol. The highest BCUT2D eigenvalue weighted by molar-refractivity contribution is 5.97. The summed E-state index contributed by atoms with van der Waals surface area (Å²) in [6.45, 7) is 0. The number of carbonyl (C=O) groups excluding carboxylic acids is 1. The van der Waals surface area contributed by atoms with Crippen LogP contribution in [0, 0.1) is 5.82 Å². The van der Waals surface area contributed by atoms with Crippen LogP contribution in [0.25, 0.3) is 10.9 Å². The molecule has 1 heterocycles. The first-order chi connectivity index (χ1) is 11.7. The van der Waals surface area contributed by atoms with Gasteiger partial charge in [0.15, 0.2) is 0 Å². The summed E-state index contributed by atoms with van der Waals surface area (Å²) in [5.41, 5.74) is 1.49. The molecule has 1 aromatic carbocycles. The highest BCUT2D eigenvalue weighted by Crippen LogP contribution is 2.37. The summed E-state index contributed by atoms with van der Waals surface area (Å²) in [4.78, 5) is 17.6. The second-order valence-corrected chi connectivity index (χ2v) is 7.30. The number of fused-ring (bicyclic) bond motifs is 1. The largest absolute Gasteiger partial charge is 0.349 e. The Bertz CT molecular complexity index is 905. The Kier molecular flexibility index (Phi) is 3.05. The zero-order chi connectivity index (χ0) is 16.3. The summed E-state index contributed by atoms with van der Waals surface area (Å²) in [5.74, 6) is -0.290. The van der Waals surface area contributed by atoms with E-state index in [1.165, 1.54) is 6.07 Å². The fraction of sp³-hybridized carbons (Fsp3) is 0.474. The van der Waals surface area contributed by atoms with E-state index in [0.717, 1.165) is 54.8 Å². The van der Waals surface area contributed by atoms with Crippen molar-refractivity contribution in [2.24, 2.45) is 4.99 Å². The Labute approximate surface area is 139 Å². The number of benzene rings is 1. The van der Waals surface area contributed by atoms with Crippen molar-refractivity contribution in [3.8, 4) is 0 Å². The molecule has 24 heavy (non-hydrogen) atoms. The number of pyridine rings is 1. The van der Waals surface area contributed by atoms with Gasteiger partial charge in [-0.1, -0.05) is 0 Å². The molecule has 0 aliphatic heterocycles. The van der Waals surface area contributed by atoms with Crippen LogP contribution < -0.4 is 10.7 Å². The SMILES string of the molecule is O=C(NC1CC1)c1cn(C2CC2)c2cc(F)ccc2c1=NC1CC1. The van der Waals surface area contributed by atoms with Crippen molar-refractivity contribution in [2.75, 3.05) is 0 Å². The van der Waals surface area contributed by atoms with E-state index in [4.69, 9.17) is 4.99 Å². The van der Waals surface area contributed by atoms with E-state index in [-0.39, 0.29) is 11.7 Å². The van der Waals surface area contributed by atoms with Crippen LogP contribution in [0.1, 0.15) is 54.9 Å². The Morgan fingerprint density at radius 2 is 1.96 bits per heavy atom. The van der Waals surface area contributed by atoms with E-state index in [1.54, 1.807) is 12.1 Å². The van der Waals surface area contributed by atoms with Gasteiger partial charge in [-0.2, -0.15) is 0 Å². The van der Waals surface area contributed by atoms with Gasteiger partial charge in [0, 0.05) is 23.7 Å². The number of aromatic nitrogens is 1. The number of carbonyl (C=O) groups is 1. The number of rotatable bonds is 4. The molecule has 3 saturated carbocycles. The normalized spacial score (nSPS) is 21.3. The van der Waals surface area contributed by atoms with Crippen molar-refractivity contribution in [1.82, 2.24) is 9.88 Å². The molecule has 1 amide bonds. The van der Waals surface area contributed by atoms with Crippen molar-refractivity contribution < 1.29 is 9.18 Å². The predicted octanol–water partition coefficient (Wildman–Crippen LogP) is 3.07. The van der Waals surface area contributed by atoms with Gasteiger partial charge in [0.1, 0.15) is 5.82 Å². The second kappa shape index (κ2) is 5.16. The maximum absolute atomic E-state index is 13.8. The van der Waals surface area contributed by atoms with Crippen molar-refractivity contribution in [3.63, 3.8) is 0 Å². The van der Waals surface area contributed by atoms with Crippen LogP contribution in [0.2, 0.25) is 0 Å². The molecule has 0 saturated heterocycles. The molecule has 0 atom stereocenters. The van der Waals surface area contributed by atoms with Gasteiger partial charge >= 0.3 is 0 Å². The summed E-state index contributed by atoms with van der Waals surface area (Å²) < 4.78 is 15.9. The molecule has 1 N–H and O–H groups in total. The smallest absolute Gasteiger partial charge is 0.255 e. The van der Waals surface area contributed by atoms with Gasteiger partial charge in [0.05, 0.1) is 22.5 Å². The second-order valence-electron chi connectivity index (χ2n) is 7.30. The quantitative estimate of drug-likeness (QED) is 0.922. The lowest BCUT2D eigenvalue weighted by Crippen LogP contribution is -2.32. The number of nitrogens with zero attached hydrogens (tertiary/aromatic N) is 2. The Hall–Kier alpha value is -2.17. The van der Waals surface area contributed by atoms with Crippen molar-refractivity contribution in [2.45, 2.75) is 56.7 Å². The first-order valence-corrected chi connectivity index (χ1v) is 8.88. The Morgan fingerprint density at radius 3 is 2.62 bits per heavy atom. The van der Waals surface area contributed by atoms with Crippen LogP contribution in [0.5, 0.6) is 0 Å². The summed E-state index contributed by atoms with van der Waals surface area (Å²) >= 11 is 0. The van der Waals surface area contributed by atoms with Gasteiger partial charge in [-0.25, -0.2) is 4.39 Å². The first-order valence-electron chi connectivity index (χ1n) is 8.88. The monoisotopic (exact) mass is 325 g/mol. The molecule has 3 fully saturated rings. The molecule has 5 rings (SSSR count). The van der Waals surface area contributed by atoms with Crippen LogP contribution in [-0.2, 0) is 0 Å². The van der Waals surface area contributed by atoms with E-state index in [9.17, 15) is 9.18 Å². The summed E-state index contributed by atoms with van der Waals surface area (Å²) in [5, 5.41) is 4.71. The number of halogens is 1. The molecular formula is C19H20FN3O. The highest BCUT2D eigenvalue weighted by Gasteiger charge is 2.29. The van der Waals surface area contributed by atoms with Gasteiger partial charge in [0.2, 0.25) is 0 Å². The molecule has 3 aliphatic carbocycles. The molecule has 2 aromatic rings. The summed E-state index contributed by atoms with van der Waals surface area (Å²) in [7, 11) is 0. The van der Waals surface area contributed by atoms with Crippen LogP contribution >= 0.6 is 0 Å². The number of hydrogen-bond donors (Lipinski definition) is 1. The summed E-state index contributed by atoms with van der Waals surface area (Å²) in [6.07, 6.45) is 8.33. The van der Waals surface area contributed by atoms with Gasteiger partial charge < -0.3 is 9.88 Å². The third-order valence-corrected chi connectivity index (χ3v) is 4.97. The van der Waals surface area contributed by atoms with E-state index < -0.39 is 0 Å². The van der Waals surface area contributed by atoms with Crippen molar-refractivity contribution in [3.05, 3.63) is 41.1 Å². The fourth-order valence-corrected chi connectivity index (χ4v) is 3.17. The topological polar surface area (TPSA) is 46.4 Å². The molecular weight excluding hydrogens is 305 g/mol. The molecule has 3 aliphatic rings. The van der Waals surface area contributed by atoms with E-state index in [1.807, 2.05) is 6.20 Å². The Morgan fingerprint density at radius 1 is 1.17 bits per heavy atom. The van der Waals surface area contributed by atoms with Crippen LogP contribution in [0.4, 0.5) is 4.39 Å². The molecule has 0 spiro atoms. The highest BCUT2D eigenvalue weighted by atomic mass is 19.1. The number of nitrogens with one attached hydrogen (secondary N) is 1. The molecule has 0 bridgehead atoms. The molecule has 4 nitrogen and oxygen atoms in total. The zero-order valence-electron chi connectivity index (χ0n) is 13.5.